The highest BCUT2D eigenvalue weighted by molar-refractivity contribution is 7.99. The van der Waals surface area contributed by atoms with Gasteiger partial charge < -0.3 is 14.5 Å². The summed E-state index contributed by atoms with van der Waals surface area (Å²) in [6.07, 6.45) is 1.88. The van der Waals surface area contributed by atoms with Crippen molar-refractivity contribution in [3.63, 3.8) is 0 Å². The Kier molecular flexibility index (Phi) is 4.92. The third-order valence-electron chi connectivity index (χ3n) is 4.74. The molecular weight excluding hydrogens is 322 g/mol. The number of aromatic amines is 1. The second-order valence-corrected chi connectivity index (χ2v) is 13.3. The van der Waals surface area contributed by atoms with E-state index >= 15 is 0 Å². The van der Waals surface area contributed by atoms with Crippen molar-refractivity contribution in [2.45, 2.75) is 62.7 Å². The lowest BCUT2D eigenvalue weighted by Gasteiger charge is -2.37. The van der Waals surface area contributed by atoms with Crippen LogP contribution in [0.25, 0.3) is 0 Å². The van der Waals surface area contributed by atoms with Crippen LogP contribution in [-0.2, 0) is 0 Å². The molecule has 1 aromatic carbocycles. The zero-order valence-corrected chi connectivity index (χ0v) is 16.9. The molecule has 1 heterocycles. The van der Waals surface area contributed by atoms with Crippen molar-refractivity contribution in [2.24, 2.45) is 0 Å². The monoisotopic (exact) mass is 349 g/mol. The summed E-state index contributed by atoms with van der Waals surface area (Å²) in [5, 5.41) is 11.6. The minimum absolute atomic E-state index is 0.137. The van der Waals surface area contributed by atoms with Crippen LogP contribution < -0.4 is 4.43 Å². The number of hydrogen-bond donors (Lipinski definition) is 2. The number of H-pyrrole nitrogens is 1. The number of aromatic hydroxyl groups is 1. The second-order valence-electron chi connectivity index (χ2n) is 7.47. The predicted octanol–water partition coefficient (Wildman–Crippen LogP) is 5.87. The fraction of sp³-hybridized carbons (Fsp3) is 0.444. The zero-order chi connectivity index (χ0) is 17.4. The van der Waals surface area contributed by atoms with Gasteiger partial charge in [0.25, 0.3) is 0 Å². The van der Waals surface area contributed by atoms with E-state index in [2.05, 4.69) is 38.8 Å². The molecule has 0 aliphatic heterocycles. The van der Waals surface area contributed by atoms with Crippen molar-refractivity contribution in [1.82, 2.24) is 4.98 Å². The molecule has 0 unspecified atom stereocenters. The summed E-state index contributed by atoms with van der Waals surface area (Å²) in [4.78, 5) is 3.98. The van der Waals surface area contributed by atoms with Gasteiger partial charge in [-0.1, -0.05) is 32.5 Å². The first-order chi connectivity index (χ1) is 10.5. The Morgan fingerprint density at radius 1 is 1.17 bits per heavy atom. The van der Waals surface area contributed by atoms with Gasteiger partial charge in [0.2, 0.25) is 8.32 Å². The average molecular weight is 350 g/mol. The van der Waals surface area contributed by atoms with E-state index in [0.717, 1.165) is 26.8 Å². The van der Waals surface area contributed by atoms with E-state index in [1.165, 1.54) is 11.8 Å². The van der Waals surface area contributed by atoms with Crippen molar-refractivity contribution >= 4 is 20.1 Å². The van der Waals surface area contributed by atoms with Gasteiger partial charge in [-0.3, -0.25) is 0 Å². The van der Waals surface area contributed by atoms with Gasteiger partial charge in [-0.2, -0.15) is 0 Å². The fourth-order valence-electron chi connectivity index (χ4n) is 1.95. The van der Waals surface area contributed by atoms with Crippen molar-refractivity contribution in [1.29, 1.82) is 0 Å². The van der Waals surface area contributed by atoms with Crippen molar-refractivity contribution < 1.29 is 9.53 Å². The van der Waals surface area contributed by atoms with Gasteiger partial charge in [0.05, 0.1) is 9.92 Å². The van der Waals surface area contributed by atoms with E-state index in [4.69, 9.17) is 4.43 Å². The van der Waals surface area contributed by atoms with E-state index in [1.54, 1.807) is 0 Å². The molecule has 5 heteroatoms. The first-order valence-corrected chi connectivity index (χ1v) is 11.6. The molecule has 2 aromatic rings. The van der Waals surface area contributed by atoms with Crippen LogP contribution in [0.15, 0.2) is 34.3 Å². The van der Waals surface area contributed by atoms with Gasteiger partial charge >= 0.3 is 0 Å². The van der Waals surface area contributed by atoms with E-state index in [9.17, 15) is 5.11 Å². The average Bonchev–Trinajstić information content (AvgIpc) is 2.93. The number of phenolic OH excluding ortho intramolecular Hbond substituents is 1. The lowest BCUT2D eigenvalue weighted by molar-refractivity contribution is 0.449. The quantitative estimate of drug-likeness (QED) is 0.678. The summed E-state index contributed by atoms with van der Waals surface area (Å²) >= 11 is 1.52. The maximum Gasteiger partial charge on any atom is 0.250 e. The normalized spacial score (nSPS) is 12.5. The van der Waals surface area contributed by atoms with E-state index in [1.807, 2.05) is 38.2 Å². The van der Waals surface area contributed by atoms with Crippen molar-refractivity contribution in [3.05, 3.63) is 35.5 Å². The highest BCUT2D eigenvalue weighted by atomic mass is 32.2. The van der Waals surface area contributed by atoms with Gasteiger partial charge in [-0.25, -0.2) is 0 Å². The number of rotatable bonds is 4. The minimum Gasteiger partial charge on any atom is -0.543 e. The molecule has 0 aliphatic rings. The fourth-order valence-corrected chi connectivity index (χ4v) is 3.94. The SMILES string of the molecule is Cc1c(O[Si](C)(C)C(C)(C)C)cc(Sc2ccc[nH]2)c(O)c1C. The molecule has 2 rings (SSSR count). The molecule has 0 saturated carbocycles. The molecule has 0 fully saturated rings. The van der Waals surface area contributed by atoms with Gasteiger partial charge in [-0.05, 0) is 61.3 Å². The van der Waals surface area contributed by atoms with E-state index in [0.29, 0.717) is 5.75 Å². The molecule has 0 radical (unpaired) electrons. The Balaban J connectivity index is 2.42. The number of phenols is 1. The molecule has 2 N–H and O–H groups in total. The van der Waals surface area contributed by atoms with Gasteiger partial charge in [0.15, 0.2) is 0 Å². The van der Waals surface area contributed by atoms with E-state index < -0.39 is 8.32 Å². The predicted molar refractivity (Wildman–Crippen MR) is 100 cm³/mol. The van der Waals surface area contributed by atoms with Crippen molar-refractivity contribution in [2.75, 3.05) is 0 Å². The summed E-state index contributed by atoms with van der Waals surface area (Å²) in [6, 6.07) is 5.92. The molecule has 0 aliphatic carbocycles. The molecule has 3 nitrogen and oxygen atoms in total. The molecule has 0 bridgehead atoms. The molecule has 0 spiro atoms. The zero-order valence-electron chi connectivity index (χ0n) is 15.1. The maximum atomic E-state index is 10.5. The maximum absolute atomic E-state index is 10.5. The lowest BCUT2D eigenvalue weighted by Crippen LogP contribution is -2.44. The summed E-state index contributed by atoms with van der Waals surface area (Å²) in [5.41, 5.74) is 1.90. The number of benzene rings is 1. The van der Waals surface area contributed by atoms with Gasteiger partial charge in [-0.15, -0.1) is 0 Å². The lowest BCUT2D eigenvalue weighted by atomic mass is 10.1. The number of nitrogens with one attached hydrogen (secondary N) is 1. The molecule has 23 heavy (non-hydrogen) atoms. The topological polar surface area (TPSA) is 45.2 Å². The second kappa shape index (κ2) is 6.28. The van der Waals surface area contributed by atoms with Crippen LogP contribution >= 0.6 is 11.8 Å². The van der Waals surface area contributed by atoms with Gasteiger partial charge in [0, 0.05) is 6.20 Å². The van der Waals surface area contributed by atoms with Crippen molar-refractivity contribution in [3.8, 4) is 11.5 Å². The molecule has 126 valence electrons. The Hall–Kier alpha value is -1.33. The Labute approximate surface area is 144 Å². The van der Waals surface area contributed by atoms with Crippen LogP contribution in [-0.4, -0.2) is 18.4 Å². The molecular formula is C18H27NO2SSi. The third kappa shape index (κ3) is 3.78. The summed E-state index contributed by atoms with van der Waals surface area (Å²) < 4.78 is 6.50. The number of hydrogen-bond acceptors (Lipinski definition) is 3. The standard InChI is InChI=1S/C18H27NO2SSi/c1-12-13(2)17(20)15(22-16-9-8-10-19-16)11-14(12)21-23(6,7)18(3,4)5/h8-11,19-20H,1-7H3. The molecule has 0 saturated heterocycles. The first kappa shape index (κ1) is 18.0. The van der Waals surface area contributed by atoms with E-state index in [-0.39, 0.29) is 5.04 Å². The molecule has 1 aromatic heterocycles. The van der Waals surface area contributed by atoms with Crippen LogP contribution in [0.4, 0.5) is 0 Å². The summed E-state index contributed by atoms with van der Waals surface area (Å²) in [6.45, 7) is 15.1. The van der Waals surface area contributed by atoms with Crippen LogP contribution in [0.1, 0.15) is 31.9 Å². The smallest absolute Gasteiger partial charge is 0.250 e. The highest BCUT2D eigenvalue weighted by Crippen LogP contribution is 2.44. The Bertz CT molecular complexity index is 688. The molecule has 0 atom stereocenters. The van der Waals surface area contributed by atoms with Gasteiger partial charge in [0.1, 0.15) is 11.5 Å². The third-order valence-corrected chi connectivity index (χ3v) is 10.1. The van der Waals surface area contributed by atoms with Crippen LogP contribution in [0.5, 0.6) is 11.5 Å². The Morgan fingerprint density at radius 3 is 2.35 bits per heavy atom. The Morgan fingerprint density at radius 2 is 1.83 bits per heavy atom. The highest BCUT2D eigenvalue weighted by Gasteiger charge is 2.39. The van der Waals surface area contributed by atoms with Crippen LogP contribution in [0, 0.1) is 13.8 Å². The first-order valence-electron chi connectivity index (χ1n) is 7.86. The van der Waals surface area contributed by atoms with Crippen LogP contribution in [0.3, 0.4) is 0 Å². The summed E-state index contributed by atoms with van der Waals surface area (Å²) in [5.74, 6) is 1.23. The number of aromatic nitrogens is 1. The molecule has 0 amide bonds. The largest absolute Gasteiger partial charge is 0.543 e. The summed E-state index contributed by atoms with van der Waals surface area (Å²) in [7, 11) is -1.92. The minimum atomic E-state index is -1.92. The van der Waals surface area contributed by atoms with Crippen LogP contribution in [0.2, 0.25) is 18.1 Å².